The first kappa shape index (κ1) is 13.7. The summed E-state index contributed by atoms with van der Waals surface area (Å²) in [7, 11) is 0. The molecule has 1 aliphatic carbocycles. The van der Waals surface area contributed by atoms with E-state index in [9.17, 15) is 18.0 Å². The zero-order valence-electron chi connectivity index (χ0n) is 9.98. The van der Waals surface area contributed by atoms with E-state index in [2.05, 4.69) is 0 Å². The Kier molecular flexibility index (Phi) is 3.68. The highest BCUT2D eigenvalue weighted by Crippen LogP contribution is 2.47. The average Bonchev–Trinajstić information content (AvgIpc) is 3.08. The molecule has 0 bridgehead atoms. The number of rotatable bonds is 5. The Balaban J connectivity index is 1.84. The van der Waals surface area contributed by atoms with Gasteiger partial charge in [-0.25, -0.2) is 0 Å². The van der Waals surface area contributed by atoms with Crippen molar-refractivity contribution in [3.05, 3.63) is 29.8 Å². The molecule has 0 heterocycles. The Morgan fingerprint density at radius 3 is 2.42 bits per heavy atom. The minimum absolute atomic E-state index is 0.0155. The Hall–Kier alpha value is -1.72. The molecule has 1 saturated carbocycles. The second kappa shape index (κ2) is 5.11. The number of alkyl halides is 3. The second-order valence-corrected chi connectivity index (χ2v) is 4.57. The van der Waals surface area contributed by atoms with Crippen molar-refractivity contribution in [1.29, 1.82) is 0 Å². The van der Waals surface area contributed by atoms with E-state index in [0.29, 0.717) is 12.2 Å². The molecule has 19 heavy (non-hydrogen) atoms. The Labute approximate surface area is 108 Å². The summed E-state index contributed by atoms with van der Waals surface area (Å²) < 4.78 is 40.7. The van der Waals surface area contributed by atoms with Gasteiger partial charge in [-0.2, -0.15) is 13.2 Å². The van der Waals surface area contributed by atoms with Crippen molar-refractivity contribution in [2.75, 3.05) is 6.61 Å². The van der Waals surface area contributed by atoms with Crippen LogP contribution in [-0.4, -0.2) is 23.9 Å². The van der Waals surface area contributed by atoms with Gasteiger partial charge in [0.1, 0.15) is 5.75 Å². The molecule has 0 saturated heterocycles. The first-order valence-corrected chi connectivity index (χ1v) is 5.89. The van der Waals surface area contributed by atoms with E-state index in [0.717, 1.165) is 5.56 Å². The summed E-state index contributed by atoms with van der Waals surface area (Å²) >= 11 is 0. The molecule has 1 N–H and O–H groups in total. The lowest BCUT2D eigenvalue weighted by molar-refractivity contribution is -0.140. The Morgan fingerprint density at radius 1 is 1.32 bits per heavy atom. The highest BCUT2D eigenvalue weighted by Gasteiger charge is 2.44. The molecule has 0 amide bonds. The van der Waals surface area contributed by atoms with Crippen molar-refractivity contribution in [3.8, 4) is 5.75 Å². The predicted molar refractivity (Wildman–Crippen MR) is 61.1 cm³/mol. The van der Waals surface area contributed by atoms with Crippen LogP contribution in [0.3, 0.4) is 0 Å². The monoisotopic (exact) mass is 274 g/mol. The van der Waals surface area contributed by atoms with Gasteiger partial charge in [0, 0.05) is 0 Å². The number of carbonyl (C=O) groups is 1. The van der Waals surface area contributed by atoms with Crippen molar-refractivity contribution in [1.82, 2.24) is 0 Å². The maximum atomic E-state index is 11.9. The van der Waals surface area contributed by atoms with Crippen molar-refractivity contribution < 1.29 is 27.8 Å². The molecule has 1 aliphatic rings. The van der Waals surface area contributed by atoms with E-state index in [1.165, 1.54) is 0 Å². The molecule has 104 valence electrons. The van der Waals surface area contributed by atoms with Crippen LogP contribution in [0, 0.1) is 5.92 Å². The van der Waals surface area contributed by atoms with Gasteiger partial charge < -0.3 is 9.84 Å². The molecule has 2 atom stereocenters. The average molecular weight is 274 g/mol. The lowest BCUT2D eigenvalue weighted by Crippen LogP contribution is -2.12. The van der Waals surface area contributed by atoms with Gasteiger partial charge in [0.25, 0.3) is 0 Å². The number of carboxylic acid groups (broad SMARTS) is 1. The summed E-state index contributed by atoms with van der Waals surface area (Å²) in [6, 6.07) is 6.55. The van der Waals surface area contributed by atoms with Crippen molar-refractivity contribution in [3.63, 3.8) is 0 Å². The van der Waals surface area contributed by atoms with Gasteiger partial charge in [-0.15, -0.1) is 0 Å². The zero-order valence-corrected chi connectivity index (χ0v) is 9.98. The molecule has 0 aliphatic heterocycles. The summed E-state index contributed by atoms with van der Waals surface area (Å²) in [6.45, 7) is -0.413. The smallest absolute Gasteiger partial charge is 0.392 e. The van der Waals surface area contributed by atoms with Crippen LogP contribution in [0.1, 0.15) is 24.3 Å². The molecule has 0 radical (unpaired) electrons. The Bertz CT molecular complexity index is 453. The molecule has 1 aromatic carbocycles. The number of aliphatic carboxylic acids is 1. The summed E-state index contributed by atoms with van der Waals surface area (Å²) in [5, 5.41) is 8.80. The van der Waals surface area contributed by atoms with Gasteiger partial charge in [0.2, 0.25) is 0 Å². The first-order chi connectivity index (χ1) is 8.87. The molecule has 6 heteroatoms. The first-order valence-electron chi connectivity index (χ1n) is 5.89. The van der Waals surface area contributed by atoms with E-state index < -0.39 is 25.2 Å². The van der Waals surface area contributed by atoms with Gasteiger partial charge in [-0.05, 0) is 30.0 Å². The molecule has 0 aromatic heterocycles. The molecule has 2 rings (SSSR count). The number of benzene rings is 1. The van der Waals surface area contributed by atoms with Crippen LogP contribution in [0.4, 0.5) is 13.2 Å². The van der Waals surface area contributed by atoms with Crippen LogP contribution in [0.5, 0.6) is 5.75 Å². The lowest BCUT2D eigenvalue weighted by Gasteiger charge is -2.09. The van der Waals surface area contributed by atoms with Crippen LogP contribution in [0.25, 0.3) is 0 Å². The standard InChI is InChI=1S/C13H13F3O3/c14-13(15,16)5-6-19-9-3-1-8(2-4-9)10-7-11(10)12(17)18/h1-4,10-11H,5-7H2,(H,17,18)/t10-,11+/m1/s1. The van der Waals surface area contributed by atoms with Gasteiger partial charge in [0.15, 0.2) is 0 Å². The minimum atomic E-state index is -4.22. The topological polar surface area (TPSA) is 46.5 Å². The molecule has 1 fully saturated rings. The van der Waals surface area contributed by atoms with Crippen LogP contribution in [0.15, 0.2) is 24.3 Å². The number of hydrogen-bond acceptors (Lipinski definition) is 2. The highest BCUT2D eigenvalue weighted by atomic mass is 19.4. The fourth-order valence-corrected chi connectivity index (χ4v) is 1.93. The molecular weight excluding hydrogens is 261 g/mol. The van der Waals surface area contributed by atoms with E-state index >= 15 is 0 Å². The molecule has 3 nitrogen and oxygen atoms in total. The fraction of sp³-hybridized carbons (Fsp3) is 0.462. The number of ether oxygens (including phenoxy) is 1. The van der Waals surface area contributed by atoms with Crippen molar-refractivity contribution in [2.24, 2.45) is 5.92 Å². The van der Waals surface area contributed by atoms with Crippen molar-refractivity contribution in [2.45, 2.75) is 24.9 Å². The van der Waals surface area contributed by atoms with Gasteiger partial charge >= 0.3 is 12.1 Å². The minimum Gasteiger partial charge on any atom is -0.493 e. The SMILES string of the molecule is O=C(O)[C@H]1C[C@@H]1c1ccc(OCCC(F)(F)F)cc1. The number of halogens is 3. The van der Waals surface area contributed by atoms with E-state index in [-0.39, 0.29) is 11.8 Å². The highest BCUT2D eigenvalue weighted by molar-refractivity contribution is 5.75. The molecular formula is C13H13F3O3. The van der Waals surface area contributed by atoms with Crippen LogP contribution in [-0.2, 0) is 4.79 Å². The third-order valence-electron chi connectivity index (χ3n) is 3.07. The number of carboxylic acids is 1. The van der Waals surface area contributed by atoms with E-state index in [1.807, 2.05) is 0 Å². The third kappa shape index (κ3) is 3.87. The quantitative estimate of drug-likeness (QED) is 0.896. The van der Waals surface area contributed by atoms with Gasteiger partial charge in [-0.1, -0.05) is 12.1 Å². The molecule has 1 aromatic rings. The predicted octanol–water partition coefficient (Wildman–Crippen LogP) is 3.21. The van der Waals surface area contributed by atoms with Gasteiger partial charge in [0.05, 0.1) is 18.9 Å². The summed E-state index contributed by atoms with van der Waals surface area (Å²) in [4.78, 5) is 10.7. The van der Waals surface area contributed by atoms with E-state index in [1.54, 1.807) is 24.3 Å². The molecule has 0 spiro atoms. The Morgan fingerprint density at radius 2 is 1.95 bits per heavy atom. The van der Waals surface area contributed by atoms with E-state index in [4.69, 9.17) is 9.84 Å². The van der Waals surface area contributed by atoms with Gasteiger partial charge in [-0.3, -0.25) is 4.79 Å². The molecule has 0 unspecified atom stereocenters. The third-order valence-corrected chi connectivity index (χ3v) is 3.07. The summed E-state index contributed by atoms with van der Waals surface area (Å²) in [6.07, 6.45) is -4.59. The normalized spacial score (nSPS) is 22.1. The maximum absolute atomic E-state index is 11.9. The largest absolute Gasteiger partial charge is 0.493 e. The number of hydrogen-bond donors (Lipinski definition) is 1. The van der Waals surface area contributed by atoms with Crippen molar-refractivity contribution >= 4 is 5.97 Å². The summed E-state index contributed by atoms with van der Waals surface area (Å²) in [5.74, 6) is -0.769. The second-order valence-electron chi connectivity index (χ2n) is 4.57. The van der Waals surface area contributed by atoms with Crippen LogP contribution in [0.2, 0.25) is 0 Å². The maximum Gasteiger partial charge on any atom is 0.392 e. The fourth-order valence-electron chi connectivity index (χ4n) is 1.93. The summed E-state index contributed by atoms with van der Waals surface area (Å²) in [5.41, 5.74) is 0.885. The van der Waals surface area contributed by atoms with Crippen LogP contribution >= 0.6 is 0 Å². The zero-order chi connectivity index (χ0) is 14.0. The van der Waals surface area contributed by atoms with Crippen LogP contribution < -0.4 is 4.74 Å². The lowest BCUT2D eigenvalue weighted by atomic mass is 10.1.